The lowest BCUT2D eigenvalue weighted by Crippen LogP contribution is -2.45. The molecule has 1 saturated heterocycles. The molecule has 3 atom stereocenters. The minimum absolute atomic E-state index is 0.0417. The molecule has 116 valence electrons. The van der Waals surface area contributed by atoms with Crippen LogP contribution in [0.4, 0.5) is 4.39 Å². The lowest BCUT2D eigenvalue weighted by Gasteiger charge is -2.28. The zero-order valence-corrected chi connectivity index (χ0v) is 14.0. The Bertz CT molecular complexity index is 509. The van der Waals surface area contributed by atoms with Gasteiger partial charge in [-0.15, -0.1) is 0 Å². The van der Waals surface area contributed by atoms with Gasteiger partial charge >= 0.3 is 0 Å². The average molecular weight is 357 g/mol. The van der Waals surface area contributed by atoms with Gasteiger partial charge in [0.1, 0.15) is 5.82 Å². The maximum atomic E-state index is 13.2. The van der Waals surface area contributed by atoms with Crippen molar-refractivity contribution < 1.29 is 9.18 Å². The quantitative estimate of drug-likeness (QED) is 0.870. The van der Waals surface area contributed by atoms with Gasteiger partial charge in [-0.05, 0) is 73.3 Å². The van der Waals surface area contributed by atoms with Crippen LogP contribution in [0.1, 0.15) is 32.3 Å². The van der Waals surface area contributed by atoms with Gasteiger partial charge in [0.25, 0.3) is 0 Å². The van der Waals surface area contributed by atoms with Gasteiger partial charge in [-0.3, -0.25) is 4.79 Å². The van der Waals surface area contributed by atoms with E-state index < -0.39 is 0 Å². The van der Waals surface area contributed by atoms with E-state index in [9.17, 15) is 9.18 Å². The largest absolute Gasteiger partial charge is 0.353 e. The molecule has 0 aliphatic carbocycles. The van der Waals surface area contributed by atoms with Crippen molar-refractivity contribution in [2.75, 3.05) is 6.54 Å². The monoisotopic (exact) mass is 356 g/mol. The van der Waals surface area contributed by atoms with E-state index in [1.807, 2.05) is 6.92 Å². The highest BCUT2D eigenvalue weighted by molar-refractivity contribution is 9.10. The molecule has 21 heavy (non-hydrogen) atoms. The van der Waals surface area contributed by atoms with Gasteiger partial charge in [-0.1, -0.05) is 6.07 Å². The summed E-state index contributed by atoms with van der Waals surface area (Å²) in [6.45, 7) is 5.00. The molecule has 0 saturated carbocycles. The summed E-state index contributed by atoms with van der Waals surface area (Å²) in [7, 11) is 0. The summed E-state index contributed by atoms with van der Waals surface area (Å²) in [5, 5.41) is 6.43. The molecule has 5 heteroatoms. The van der Waals surface area contributed by atoms with Gasteiger partial charge in [0.2, 0.25) is 5.91 Å². The fourth-order valence-corrected chi connectivity index (χ4v) is 3.23. The lowest BCUT2D eigenvalue weighted by molar-refractivity contribution is -0.126. The second-order valence-electron chi connectivity index (χ2n) is 5.94. The minimum Gasteiger partial charge on any atom is -0.353 e. The standard InChI is InChI=1S/C16H22BrFN2O/c1-10-8-13(5-6-19-10)16(21)20-11(2)7-12-3-4-15(18)14(17)9-12/h3-4,9-11,13,19H,5-8H2,1-2H3,(H,20,21)/t10-,11?,13-/m0/s1. The Kier molecular flexibility index (Phi) is 5.76. The van der Waals surface area contributed by atoms with Gasteiger partial charge < -0.3 is 10.6 Å². The molecule has 0 bridgehead atoms. The molecule has 1 aromatic rings. The number of halogens is 2. The van der Waals surface area contributed by atoms with Crippen LogP contribution < -0.4 is 10.6 Å². The molecule has 2 N–H and O–H groups in total. The fraction of sp³-hybridized carbons (Fsp3) is 0.562. The highest BCUT2D eigenvalue weighted by Gasteiger charge is 2.25. The summed E-state index contributed by atoms with van der Waals surface area (Å²) in [6.07, 6.45) is 2.48. The maximum absolute atomic E-state index is 13.2. The molecule has 0 radical (unpaired) electrons. The van der Waals surface area contributed by atoms with E-state index in [0.29, 0.717) is 16.9 Å². The molecule has 1 aromatic carbocycles. The van der Waals surface area contributed by atoms with E-state index in [-0.39, 0.29) is 23.7 Å². The van der Waals surface area contributed by atoms with Crippen molar-refractivity contribution in [1.82, 2.24) is 10.6 Å². The zero-order chi connectivity index (χ0) is 15.4. The molecule has 0 aromatic heterocycles. The third-order valence-electron chi connectivity index (χ3n) is 3.91. The van der Waals surface area contributed by atoms with Crippen molar-refractivity contribution in [2.45, 2.75) is 45.2 Å². The van der Waals surface area contributed by atoms with Crippen LogP contribution in [0.15, 0.2) is 22.7 Å². The molecule has 1 heterocycles. The second kappa shape index (κ2) is 7.36. The van der Waals surface area contributed by atoms with E-state index in [4.69, 9.17) is 0 Å². The SMILES string of the molecule is CC(Cc1ccc(F)c(Br)c1)NC(=O)[C@H]1CCN[C@@H](C)C1. The smallest absolute Gasteiger partial charge is 0.223 e. The average Bonchev–Trinajstić information content (AvgIpc) is 2.43. The van der Waals surface area contributed by atoms with Crippen molar-refractivity contribution in [1.29, 1.82) is 0 Å². The first-order valence-corrected chi connectivity index (χ1v) is 8.22. The predicted octanol–water partition coefficient (Wildman–Crippen LogP) is 3.02. The highest BCUT2D eigenvalue weighted by Crippen LogP contribution is 2.19. The topological polar surface area (TPSA) is 41.1 Å². The Morgan fingerprint density at radius 1 is 1.57 bits per heavy atom. The molecule has 1 aliphatic heterocycles. The molecule has 1 amide bonds. The van der Waals surface area contributed by atoms with Crippen LogP contribution in [-0.4, -0.2) is 24.5 Å². The lowest BCUT2D eigenvalue weighted by atomic mass is 9.92. The van der Waals surface area contributed by atoms with Gasteiger partial charge in [0.15, 0.2) is 0 Å². The Morgan fingerprint density at radius 3 is 3.00 bits per heavy atom. The molecule has 1 aliphatic rings. The van der Waals surface area contributed by atoms with Crippen molar-refractivity contribution in [3.8, 4) is 0 Å². The fourth-order valence-electron chi connectivity index (χ4n) is 2.80. The zero-order valence-electron chi connectivity index (χ0n) is 12.5. The third-order valence-corrected chi connectivity index (χ3v) is 4.52. The highest BCUT2D eigenvalue weighted by atomic mass is 79.9. The number of hydrogen-bond donors (Lipinski definition) is 2. The minimum atomic E-state index is -0.265. The number of carbonyl (C=O) groups excluding carboxylic acids is 1. The van der Waals surface area contributed by atoms with Crippen LogP contribution in [-0.2, 0) is 11.2 Å². The van der Waals surface area contributed by atoms with E-state index in [0.717, 1.165) is 24.9 Å². The number of rotatable bonds is 4. The second-order valence-corrected chi connectivity index (χ2v) is 6.79. The van der Waals surface area contributed by atoms with Gasteiger partial charge in [-0.25, -0.2) is 4.39 Å². The van der Waals surface area contributed by atoms with Crippen molar-refractivity contribution in [3.05, 3.63) is 34.1 Å². The molecule has 3 nitrogen and oxygen atoms in total. The van der Waals surface area contributed by atoms with E-state index in [1.165, 1.54) is 6.07 Å². The first-order chi connectivity index (χ1) is 9.95. The Morgan fingerprint density at radius 2 is 2.33 bits per heavy atom. The summed E-state index contributed by atoms with van der Waals surface area (Å²) in [6, 6.07) is 5.42. The molecular formula is C16H22BrFN2O. The van der Waals surface area contributed by atoms with Gasteiger partial charge in [-0.2, -0.15) is 0 Å². The Balaban J connectivity index is 1.87. The van der Waals surface area contributed by atoms with Gasteiger partial charge in [0, 0.05) is 18.0 Å². The number of carbonyl (C=O) groups is 1. The van der Waals surface area contributed by atoms with E-state index in [1.54, 1.807) is 12.1 Å². The normalized spacial score (nSPS) is 23.6. The Hall–Kier alpha value is -0.940. The van der Waals surface area contributed by atoms with Crippen LogP contribution in [0.5, 0.6) is 0 Å². The number of benzene rings is 1. The summed E-state index contributed by atoms with van der Waals surface area (Å²) < 4.78 is 13.7. The predicted molar refractivity (Wildman–Crippen MR) is 85.6 cm³/mol. The molecular weight excluding hydrogens is 335 g/mol. The summed E-state index contributed by atoms with van der Waals surface area (Å²) >= 11 is 3.19. The van der Waals surface area contributed by atoms with Crippen LogP contribution in [0, 0.1) is 11.7 Å². The molecule has 1 fully saturated rings. The van der Waals surface area contributed by atoms with E-state index in [2.05, 4.69) is 33.5 Å². The van der Waals surface area contributed by atoms with Crippen LogP contribution >= 0.6 is 15.9 Å². The number of nitrogens with one attached hydrogen (secondary N) is 2. The maximum Gasteiger partial charge on any atom is 0.223 e. The number of piperidine rings is 1. The third kappa shape index (κ3) is 4.78. The number of hydrogen-bond acceptors (Lipinski definition) is 2. The summed E-state index contributed by atoms with van der Waals surface area (Å²) in [5.74, 6) is -0.0280. The molecule has 0 spiro atoms. The van der Waals surface area contributed by atoms with Crippen LogP contribution in [0.3, 0.4) is 0 Å². The van der Waals surface area contributed by atoms with Crippen molar-refractivity contribution >= 4 is 21.8 Å². The van der Waals surface area contributed by atoms with Crippen molar-refractivity contribution in [3.63, 3.8) is 0 Å². The summed E-state index contributed by atoms with van der Waals surface area (Å²) in [4.78, 5) is 12.3. The summed E-state index contributed by atoms with van der Waals surface area (Å²) in [5.41, 5.74) is 1.01. The van der Waals surface area contributed by atoms with Crippen molar-refractivity contribution in [2.24, 2.45) is 5.92 Å². The molecule has 1 unspecified atom stereocenters. The number of amides is 1. The van der Waals surface area contributed by atoms with E-state index >= 15 is 0 Å². The van der Waals surface area contributed by atoms with Crippen LogP contribution in [0.2, 0.25) is 0 Å². The molecule has 2 rings (SSSR count). The van der Waals surface area contributed by atoms with Gasteiger partial charge in [0.05, 0.1) is 4.47 Å². The Labute approximate surface area is 133 Å². The van der Waals surface area contributed by atoms with Crippen LogP contribution in [0.25, 0.3) is 0 Å². The first kappa shape index (κ1) is 16.4. The first-order valence-electron chi connectivity index (χ1n) is 7.43.